The van der Waals surface area contributed by atoms with E-state index in [1.807, 2.05) is 17.8 Å². The van der Waals surface area contributed by atoms with E-state index < -0.39 is 0 Å². The molecule has 0 amide bonds. The SMILES string of the molecule is COCCN[C@H]1CC[C@H](Nc2cc(-c3csc(SCC4CCOCC4)n3)c(Cl)cn2)CC1. The minimum absolute atomic E-state index is 0.443. The average Bonchev–Trinajstić information content (AvgIpc) is 3.30. The van der Waals surface area contributed by atoms with Crippen LogP contribution in [0.5, 0.6) is 0 Å². The molecule has 0 aromatic carbocycles. The van der Waals surface area contributed by atoms with Gasteiger partial charge in [-0.3, -0.25) is 0 Å². The molecule has 6 nitrogen and oxygen atoms in total. The van der Waals surface area contributed by atoms with Crippen LogP contribution in [0.3, 0.4) is 0 Å². The highest BCUT2D eigenvalue weighted by Gasteiger charge is 2.21. The molecular formula is C23H33ClN4O2S2. The molecule has 32 heavy (non-hydrogen) atoms. The molecule has 0 radical (unpaired) electrons. The number of halogens is 1. The number of pyridine rings is 1. The maximum Gasteiger partial charge on any atom is 0.150 e. The van der Waals surface area contributed by atoms with E-state index in [0.717, 1.165) is 85.1 Å². The summed E-state index contributed by atoms with van der Waals surface area (Å²) in [6, 6.07) is 3.08. The summed E-state index contributed by atoms with van der Waals surface area (Å²) in [4.78, 5) is 9.38. The summed E-state index contributed by atoms with van der Waals surface area (Å²) in [5.41, 5.74) is 1.89. The maximum absolute atomic E-state index is 6.50. The van der Waals surface area contributed by atoms with Crippen molar-refractivity contribution in [1.82, 2.24) is 15.3 Å². The van der Waals surface area contributed by atoms with Crippen LogP contribution in [-0.2, 0) is 9.47 Å². The molecule has 3 heterocycles. The van der Waals surface area contributed by atoms with E-state index in [2.05, 4.69) is 21.0 Å². The van der Waals surface area contributed by atoms with Crippen molar-refractivity contribution in [3.05, 3.63) is 22.7 Å². The highest BCUT2D eigenvalue weighted by atomic mass is 35.5. The number of hydrogen-bond acceptors (Lipinski definition) is 8. The largest absolute Gasteiger partial charge is 0.383 e. The third kappa shape index (κ3) is 7.05. The first-order valence-corrected chi connectivity index (χ1v) is 13.8. The Kier molecular flexibility index (Phi) is 9.49. The van der Waals surface area contributed by atoms with Gasteiger partial charge >= 0.3 is 0 Å². The average molecular weight is 497 g/mol. The number of ether oxygens (including phenoxy) is 2. The van der Waals surface area contributed by atoms with Crippen molar-refractivity contribution in [3.63, 3.8) is 0 Å². The molecule has 1 saturated heterocycles. The van der Waals surface area contributed by atoms with Crippen molar-refractivity contribution < 1.29 is 9.47 Å². The normalized spacial score (nSPS) is 22.2. The Hall–Kier alpha value is -0.900. The van der Waals surface area contributed by atoms with Crippen molar-refractivity contribution in [2.45, 2.75) is 54.9 Å². The summed E-state index contributed by atoms with van der Waals surface area (Å²) < 4.78 is 11.7. The van der Waals surface area contributed by atoms with Gasteiger partial charge in [0.25, 0.3) is 0 Å². The van der Waals surface area contributed by atoms with E-state index in [1.54, 1.807) is 24.6 Å². The molecule has 2 N–H and O–H groups in total. The van der Waals surface area contributed by atoms with Gasteiger partial charge in [-0.05, 0) is 50.5 Å². The zero-order valence-electron chi connectivity index (χ0n) is 18.6. The van der Waals surface area contributed by atoms with Crippen molar-refractivity contribution in [2.75, 3.05) is 44.5 Å². The number of thiazole rings is 1. The lowest BCUT2D eigenvalue weighted by molar-refractivity contribution is 0.0728. The first-order valence-electron chi connectivity index (χ1n) is 11.5. The highest BCUT2D eigenvalue weighted by molar-refractivity contribution is 8.01. The Morgan fingerprint density at radius 3 is 2.75 bits per heavy atom. The summed E-state index contributed by atoms with van der Waals surface area (Å²) in [6.45, 7) is 3.47. The third-order valence-electron chi connectivity index (χ3n) is 6.22. The summed E-state index contributed by atoms with van der Waals surface area (Å²) in [5, 5.41) is 9.95. The van der Waals surface area contributed by atoms with E-state index >= 15 is 0 Å². The standard InChI is InChI=1S/C23H33ClN4O2S2/c1-29-11-8-25-17-2-4-18(5-3-17)27-22-12-19(20(24)13-26-22)21-15-32-23(28-21)31-14-16-6-9-30-10-7-16/h12-13,15-18,25H,2-11,14H2,1H3,(H,26,27)/t17-,18-. The first-order chi connectivity index (χ1) is 15.7. The maximum atomic E-state index is 6.50. The molecule has 9 heteroatoms. The van der Waals surface area contributed by atoms with Crippen LogP contribution in [0, 0.1) is 5.92 Å². The number of hydrogen-bond donors (Lipinski definition) is 2. The molecule has 2 aromatic heterocycles. The topological polar surface area (TPSA) is 68.3 Å². The predicted octanol–water partition coefficient (Wildman–Crippen LogP) is 5.34. The molecule has 0 atom stereocenters. The lowest BCUT2D eigenvalue weighted by atomic mass is 9.91. The highest BCUT2D eigenvalue weighted by Crippen LogP contribution is 2.35. The van der Waals surface area contributed by atoms with Crippen LogP contribution >= 0.6 is 34.7 Å². The fourth-order valence-electron chi connectivity index (χ4n) is 4.28. The van der Waals surface area contributed by atoms with E-state index in [0.29, 0.717) is 17.1 Å². The molecule has 0 spiro atoms. The lowest BCUT2D eigenvalue weighted by Gasteiger charge is -2.30. The Morgan fingerprint density at radius 2 is 1.97 bits per heavy atom. The number of aromatic nitrogens is 2. The van der Waals surface area contributed by atoms with Gasteiger partial charge in [-0.25, -0.2) is 9.97 Å². The number of nitrogens with zero attached hydrogens (tertiary/aromatic N) is 2. The van der Waals surface area contributed by atoms with Gasteiger partial charge in [0.1, 0.15) is 5.82 Å². The van der Waals surface area contributed by atoms with Gasteiger partial charge in [-0.2, -0.15) is 0 Å². The van der Waals surface area contributed by atoms with Crippen LogP contribution in [0.4, 0.5) is 5.82 Å². The summed E-state index contributed by atoms with van der Waals surface area (Å²) in [5.74, 6) is 2.72. The van der Waals surface area contributed by atoms with Crippen molar-refractivity contribution in [1.29, 1.82) is 0 Å². The van der Waals surface area contributed by atoms with Crippen molar-refractivity contribution in [3.8, 4) is 11.3 Å². The van der Waals surface area contributed by atoms with Crippen LogP contribution in [0.1, 0.15) is 38.5 Å². The number of rotatable bonds is 10. The van der Waals surface area contributed by atoms with Gasteiger partial charge in [0.2, 0.25) is 0 Å². The number of nitrogens with one attached hydrogen (secondary N) is 2. The Balaban J connectivity index is 1.31. The summed E-state index contributed by atoms with van der Waals surface area (Å²) in [6.07, 6.45) is 8.65. The molecule has 0 unspecified atom stereocenters. The van der Waals surface area contributed by atoms with E-state index in [9.17, 15) is 0 Å². The van der Waals surface area contributed by atoms with E-state index in [-0.39, 0.29) is 0 Å². The number of anilines is 1. The van der Waals surface area contributed by atoms with Gasteiger partial charge in [0.15, 0.2) is 4.34 Å². The molecular weight excluding hydrogens is 464 g/mol. The van der Waals surface area contributed by atoms with Gasteiger partial charge < -0.3 is 20.1 Å². The lowest BCUT2D eigenvalue weighted by Crippen LogP contribution is -2.38. The molecule has 0 bridgehead atoms. The van der Waals surface area contributed by atoms with Gasteiger partial charge in [-0.1, -0.05) is 23.4 Å². The minimum atomic E-state index is 0.443. The smallest absolute Gasteiger partial charge is 0.150 e. The summed E-state index contributed by atoms with van der Waals surface area (Å²) >= 11 is 10.0. The fraction of sp³-hybridized carbons (Fsp3) is 0.652. The van der Waals surface area contributed by atoms with Crippen LogP contribution in [0.25, 0.3) is 11.3 Å². The van der Waals surface area contributed by atoms with Crippen molar-refractivity contribution >= 4 is 40.5 Å². The predicted molar refractivity (Wildman–Crippen MR) is 134 cm³/mol. The molecule has 4 rings (SSSR count). The van der Waals surface area contributed by atoms with Gasteiger partial charge in [-0.15, -0.1) is 11.3 Å². The second-order valence-corrected chi connectivity index (χ2v) is 11.1. The second-order valence-electron chi connectivity index (χ2n) is 8.55. The first kappa shape index (κ1) is 24.2. The molecule has 2 fully saturated rings. The van der Waals surface area contributed by atoms with Crippen LogP contribution < -0.4 is 10.6 Å². The molecule has 2 aromatic rings. The zero-order chi connectivity index (χ0) is 22.2. The van der Waals surface area contributed by atoms with Crippen LogP contribution in [-0.4, -0.2) is 61.3 Å². The summed E-state index contributed by atoms with van der Waals surface area (Å²) in [7, 11) is 1.74. The molecule has 1 saturated carbocycles. The third-order valence-corrected chi connectivity index (χ3v) is 8.77. The van der Waals surface area contributed by atoms with Gasteiger partial charge in [0.05, 0.1) is 17.3 Å². The Labute approximate surface area is 204 Å². The molecule has 176 valence electrons. The van der Waals surface area contributed by atoms with E-state index in [1.165, 1.54) is 12.8 Å². The number of methoxy groups -OCH3 is 1. The fourth-order valence-corrected chi connectivity index (χ4v) is 6.52. The second kappa shape index (κ2) is 12.5. The zero-order valence-corrected chi connectivity index (χ0v) is 21.0. The minimum Gasteiger partial charge on any atom is -0.383 e. The molecule has 1 aliphatic carbocycles. The quantitative estimate of drug-likeness (QED) is 0.340. The molecule has 1 aliphatic heterocycles. The van der Waals surface area contributed by atoms with Crippen LogP contribution in [0.15, 0.2) is 22.0 Å². The number of thioether (sulfide) groups is 1. The van der Waals surface area contributed by atoms with Gasteiger partial charge in [0, 0.05) is 61.8 Å². The van der Waals surface area contributed by atoms with Crippen molar-refractivity contribution in [2.24, 2.45) is 5.92 Å². The molecule has 2 aliphatic rings. The Bertz CT molecular complexity index is 839. The Morgan fingerprint density at radius 1 is 1.19 bits per heavy atom. The van der Waals surface area contributed by atoms with E-state index in [4.69, 9.17) is 26.1 Å². The van der Waals surface area contributed by atoms with Crippen LogP contribution in [0.2, 0.25) is 5.02 Å². The monoisotopic (exact) mass is 496 g/mol.